The molecule has 25 heavy (non-hydrogen) atoms. The van der Waals surface area contributed by atoms with Crippen LogP contribution in [0.15, 0.2) is 0 Å². The highest BCUT2D eigenvalue weighted by molar-refractivity contribution is 4.81. The van der Waals surface area contributed by atoms with Crippen molar-refractivity contribution in [1.29, 1.82) is 0 Å². The highest BCUT2D eigenvalue weighted by Crippen LogP contribution is 2.41. The van der Waals surface area contributed by atoms with Gasteiger partial charge < -0.3 is 0 Å². The molecular formula is C25H54. The summed E-state index contributed by atoms with van der Waals surface area (Å²) in [5.74, 6) is 7.69. The van der Waals surface area contributed by atoms with Crippen molar-refractivity contribution in [2.24, 2.45) is 47.3 Å². The molecule has 2 aliphatic carbocycles. The summed E-state index contributed by atoms with van der Waals surface area (Å²) in [5, 5.41) is 0. The lowest BCUT2D eigenvalue weighted by atomic mass is 9.69. The summed E-state index contributed by atoms with van der Waals surface area (Å²) in [7, 11) is 0. The Morgan fingerprint density at radius 3 is 0.800 bits per heavy atom. The molecule has 2 rings (SSSR count). The van der Waals surface area contributed by atoms with Crippen LogP contribution in [0.4, 0.5) is 0 Å². The van der Waals surface area contributed by atoms with E-state index in [1.165, 1.54) is 44.9 Å². The zero-order valence-electron chi connectivity index (χ0n) is 17.6. The van der Waals surface area contributed by atoms with Crippen molar-refractivity contribution in [2.75, 3.05) is 0 Å². The average Bonchev–Trinajstić information content (AvgIpc) is 2.97. The lowest BCUT2D eigenvalue weighted by Gasteiger charge is -2.37. The maximum absolute atomic E-state index is 2.39. The minimum Gasteiger partial charge on any atom is -0.0776 e. The van der Waals surface area contributed by atoms with Crippen LogP contribution < -0.4 is 0 Å². The van der Waals surface area contributed by atoms with Gasteiger partial charge in [-0.25, -0.2) is 0 Å². The van der Waals surface area contributed by atoms with Crippen molar-refractivity contribution in [3.05, 3.63) is 0 Å². The SMILES string of the molecule is C.C.CC(C)C1CCCC1C(C)C.CC(C)C1CCCCC1C(C)C. The molecule has 0 aromatic rings. The fraction of sp³-hybridized carbons (Fsp3) is 1.00. The summed E-state index contributed by atoms with van der Waals surface area (Å²) in [6, 6.07) is 0. The predicted octanol–water partition coefficient (Wildman–Crippen LogP) is 9.09. The second-order valence-corrected chi connectivity index (χ2v) is 9.85. The molecule has 0 aliphatic heterocycles. The summed E-state index contributed by atoms with van der Waals surface area (Å²) in [6.07, 6.45) is 10.4. The lowest BCUT2D eigenvalue weighted by Crippen LogP contribution is -2.27. The zero-order valence-corrected chi connectivity index (χ0v) is 17.6. The topological polar surface area (TPSA) is 0 Å². The molecule has 2 saturated carbocycles. The summed E-state index contributed by atoms with van der Waals surface area (Å²) in [4.78, 5) is 0. The maximum Gasteiger partial charge on any atom is -0.0360 e. The Bertz CT molecular complexity index is 269. The van der Waals surface area contributed by atoms with Gasteiger partial charge in [0.2, 0.25) is 0 Å². The lowest BCUT2D eigenvalue weighted by molar-refractivity contribution is 0.136. The molecule has 0 amide bonds. The summed E-state index contributed by atoms with van der Waals surface area (Å²) < 4.78 is 0. The molecule has 0 spiro atoms. The molecule has 0 aromatic heterocycles. The Labute approximate surface area is 163 Å². The minimum atomic E-state index is 0. The Balaban J connectivity index is 0. The number of hydrogen-bond donors (Lipinski definition) is 0. The Kier molecular flexibility index (Phi) is 14.4. The molecule has 0 heterocycles. The van der Waals surface area contributed by atoms with Crippen molar-refractivity contribution < 1.29 is 0 Å². The highest BCUT2D eigenvalue weighted by Gasteiger charge is 2.31. The van der Waals surface area contributed by atoms with Gasteiger partial charge in [0, 0.05) is 0 Å². The van der Waals surface area contributed by atoms with Gasteiger partial charge in [0.1, 0.15) is 0 Å². The molecule has 0 aromatic carbocycles. The first-order valence-corrected chi connectivity index (χ1v) is 10.8. The molecule has 0 heteroatoms. The van der Waals surface area contributed by atoms with Gasteiger partial charge in [-0.05, 0) is 73.0 Å². The Hall–Kier alpha value is 0. The quantitative estimate of drug-likeness (QED) is 0.472. The molecule has 0 bridgehead atoms. The predicted molar refractivity (Wildman–Crippen MR) is 119 cm³/mol. The third-order valence-corrected chi connectivity index (χ3v) is 6.92. The van der Waals surface area contributed by atoms with E-state index in [0.29, 0.717) is 0 Å². The molecule has 0 nitrogen and oxygen atoms in total. The van der Waals surface area contributed by atoms with Gasteiger partial charge >= 0.3 is 0 Å². The van der Waals surface area contributed by atoms with Crippen LogP contribution in [0.3, 0.4) is 0 Å². The Morgan fingerprint density at radius 1 is 0.400 bits per heavy atom. The van der Waals surface area contributed by atoms with Gasteiger partial charge in [0.15, 0.2) is 0 Å². The third-order valence-electron chi connectivity index (χ3n) is 6.92. The van der Waals surface area contributed by atoms with E-state index >= 15 is 0 Å². The van der Waals surface area contributed by atoms with Crippen LogP contribution in [0.1, 0.15) is 115 Å². The third kappa shape index (κ3) is 8.49. The van der Waals surface area contributed by atoms with Crippen LogP contribution in [0.5, 0.6) is 0 Å². The summed E-state index contributed by atoms with van der Waals surface area (Å²) in [6.45, 7) is 19.1. The summed E-state index contributed by atoms with van der Waals surface area (Å²) in [5.41, 5.74) is 0. The van der Waals surface area contributed by atoms with Crippen LogP contribution in [0, 0.1) is 47.3 Å². The minimum absolute atomic E-state index is 0. The first kappa shape index (κ1) is 27.2. The molecule has 2 aliphatic rings. The second-order valence-electron chi connectivity index (χ2n) is 9.85. The Morgan fingerprint density at radius 2 is 0.600 bits per heavy atom. The van der Waals surface area contributed by atoms with Crippen LogP contribution in [0.25, 0.3) is 0 Å². The standard InChI is InChI=1S/C12H24.C11H22.2CH4/c1-9(2)11-7-5-6-8-12(11)10(3)4;1-8(2)10-6-5-7-11(10)9(3)4;;/h9-12H,5-8H2,1-4H3;8-11H,5-7H2,1-4H3;2*1H4. The average molecular weight is 355 g/mol. The monoisotopic (exact) mass is 354 g/mol. The molecule has 4 unspecified atom stereocenters. The molecule has 154 valence electrons. The van der Waals surface area contributed by atoms with Gasteiger partial charge in [-0.15, -0.1) is 0 Å². The van der Waals surface area contributed by atoms with E-state index in [-0.39, 0.29) is 14.9 Å². The van der Waals surface area contributed by atoms with Gasteiger partial charge in [-0.1, -0.05) is 89.5 Å². The van der Waals surface area contributed by atoms with Crippen LogP contribution in [-0.2, 0) is 0 Å². The zero-order chi connectivity index (χ0) is 17.6. The van der Waals surface area contributed by atoms with Crippen molar-refractivity contribution in [1.82, 2.24) is 0 Å². The van der Waals surface area contributed by atoms with E-state index in [0.717, 1.165) is 47.3 Å². The highest BCUT2D eigenvalue weighted by atomic mass is 14.4. The molecule has 2 fully saturated rings. The van der Waals surface area contributed by atoms with Crippen molar-refractivity contribution >= 4 is 0 Å². The largest absolute Gasteiger partial charge is 0.0776 e. The molecule has 0 radical (unpaired) electrons. The van der Waals surface area contributed by atoms with Crippen LogP contribution in [0.2, 0.25) is 0 Å². The first-order valence-electron chi connectivity index (χ1n) is 10.8. The maximum atomic E-state index is 2.39. The van der Waals surface area contributed by atoms with Gasteiger partial charge in [0.25, 0.3) is 0 Å². The number of hydrogen-bond acceptors (Lipinski definition) is 0. The number of rotatable bonds is 4. The van der Waals surface area contributed by atoms with Crippen molar-refractivity contribution in [2.45, 2.75) is 115 Å². The van der Waals surface area contributed by atoms with E-state index in [4.69, 9.17) is 0 Å². The normalized spacial score (nSPS) is 29.3. The van der Waals surface area contributed by atoms with E-state index in [1.54, 1.807) is 0 Å². The molecule has 0 saturated heterocycles. The van der Waals surface area contributed by atoms with Crippen LogP contribution >= 0.6 is 0 Å². The fourth-order valence-electron chi connectivity index (χ4n) is 5.52. The van der Waals surface area contributed by atoms with Crippen molar-refractivity contribution in [3.63, 3.8) is 0 Å². The van der Waals surface area contributed by atoms with Gasteiger partial charge in [0.05, 0.1) is 0 Å². The van der Waals surface area contributed by atoms with E-state index in [9.17, 15) is 0 Å². The van der Waals surface area contributed by atoms with Crippen molar-refractivity contribution in [3.8, 4) is 0 Å². The smallest absolute Gasteiger partial charge is 0.0360 e. The van der Waals surface area contributed by atoms with E-state index < -0.39 is 0 Å². The second kappa shape index (κ2) is 13.2. The van der Waals surface area contributed by atoms with E-state index in [1.807, 2.05) is 0 Å². The fourth-order valence-corrected chi connectivity index (χ4v) is 5.52. The molecule has 0 N–H and O–H groups in total. The molecular weight excluding hydrogens is 300 g/mol. The first-order chi connectivity index (χ1) is 10.8. The summed E-state index contributed by atoms with van der Waals surface area (Å²) >= 11 is 0. The van der Waals surface area contributed by atoms with E-state index in [2.05, 4.69) is 55.4 Å². The molecule has 4 atom stereocenters. The van der Waals surface area contributed by atoms with Gasteiger partial charge in [-0.3, -0.25) is 0 Å². The van der Waals surface area contributed by atoms with Gasteiger partial charge in [-0.2, -0.15) is 0 Å². The van der Waals surface area contributed by atoms with Crippen LogP contribution in [-0.4, -0.2) is 0 Å².